The summed E-state index contributed by atoms with van der Waals surface area (Å²) in [6, 6.07) is 4.30. The number of fused-ring (bicyclic) bond motifs is 1. The summed E-state index contributed by atoms with van der Waals surface area (Å²) in [4.78, 5) is 58.7. The van der Waals surface area contributed by atoms with Crippen molar-refractivity contribution in [2.45, 2.75) is 37.9 Å². The predicted octanol–water partition coefficient (Wildman–Crippen LogP) is -0.806. The van der Waals surface area contributed by atoms with Gasteiger partial charge in [0, 0.05) is 41.8 Å². The summed E-state index contributed by atoms with van der Waals surface area (Å²) in [5.41, 5.74) is 7.60. The van der Waals surface area contributed by atoms with Gasteiger partial charge in [-0.1, -0.05) is 18.2 Å². The largest absolute Gasteiger partial charge is 0.480 e. The van der Waals surface area contributed by atoms with Gasteiger partial charge in [-0.3, -0.25) is 14.4 Å². The number of H-pyrrole nitrogens is 2. The first kappa shape index (κ1) is 24.5. The van der Waals surface area contributed by atoms with Crippen LogP contribution in [0, 0.1) is 0 Å². The molecule has 0 spiro atoms. The Morgan fingerprint density at radius 2 is 1.82 bits per heavy atom. The van der Waals surface area contributed by atoms with Crippen molar-refractivity contribution in [3.8, 4) is 0 Å². The van der Waals surface area contributed by atoms with Crippen molar-refractivity contribution >= 4 is 34.6 Å². The lowest BCUT2D eigenvalue weighted by atomic mass is 10.0. The van der Waals surface area contributed by atoms with Crippen LogP contribution in [-0.2, 0) is 32.0 Å². The molecule has 0 aliphatic carbocycles. The second-order valence-corrected chi connectivity index (χ2v) is 7.87. The average molecular weight is 470 g/mol. The molecule has 0 aliphatic rings. The number of amides is 3. The van der Waals surface area contributed by atoms with E-state index in [1.807, 2.05) is 24.3 Å². The number of aromatic amines is 2. The number of benzene rings is 1. The Balaban J connectivity index is 1.70. The van der Waals surface area contributed by atoms with E-state index in [0.29, 0.717) is 5.69 Å². The third-order valence-corrected chi connectivity index (χ3v) is 5.18. The van der Waals surface area contributed by atoms with Crippen molar-refractivity contribution in [2.24, 2.45) is 5.73 Å². The molecule has 1 aromatic carbocycles. The van der Waals surface area contributed by atoms with Crippen LogP contribution in [-0.4, -0.2) is 68.4 Å². The number of carboxylic acid groups (broad SMARTS) is 1. The van der Waals surface area contributed by atoms with E-state index >= 15 is 0 Å². The summed E-state index contributed by atoms with van der Waals surface area (Å²) in [6.07, 6.45) is 4.70. The zero-order chi connectivity index (χ0) is 24.7. The Hall–Kier alpha value is -4.19. The molecule has 3 amide bonds. The van der Waals surface area contributed by atoms with Gasteiger partial charge in [0.25, 0.3) is 0 Å². The highest BCUT2D eigenvalue weighted by Gasteiger charge is 2.28. The van der Waals surface area contributed by atoms with Gasteiger partial charge in [-0.05, 0) is 18.6 Å². The highest BCUT2D eigenvalue weighted by atomic mass is 16.4. The number of rotatable bonds is 11. The Morgan fingerprint density at radius 1 is 1.06 bits per heavy atom. The van der Waals surface area contributed by atoms with E-state index in [1.165, 1.54) is 19.4 Å². The minimum absolute atomic E-state index is 0.0399. The van der Waals surface area contributed by atoms with Crippen LogP contribution < -0.4 is 21.7 Å². The van der Waals surface area contributed by atoms with Gasteiger partial charge in [-0.2, -0.15) is 0 Å². The molecule has 0 saturated heterocycles. The van der Waals surface area contributed by atoms with Gasteiger partial charge in [0.05, 0.1) is 18.9 Å². The summed E-state index contributed by atoms with van der Waals surface area (Å²) >= 11 is 0. The van der Waals surface area contributed by atoms with Crippen LogP contribution in [0.2, 0.25) is 0 Å². The van der Waals surface area contributed by atoms with Crippen molar-refractivity contribution in [3.05, 3.63) is 54.2 Å². The van der Waals surface area contributed by atoms with Gasteiger partial charge in [0.1, 0.15) is 12.1 Å². The maximum Gasteiger partial charge on any atom is 0.326 e. The molecule has 34 heavy (non-hydrogen) atoms. The SMILES string of the molecule is CC(N)C(=O)NCC(=O)NC(Cc1cnc[nH]1)C(=O)NC(Cc1c[nH]c2ccccc12)C(=O)O. The van der Waals surface area contributed by atoms with Crippen LogP contribution in [0.4, 0.5) is 0 Å². The van der Waals surface area contributed by atoms with Crippen LogP contribution in [0.5, 0.6) is 0 Å². The zero-order valence-corrected chi connectivity index (χ0v) is 18.5. The lowest BCUT2D eigenvalue weighted by Crippen LogP contribution is -2.54. The molecule has 2 aromatic heterocycles. The lowest BCUT2D eigenvalue weighted by molar-refractivity contribution is -0.142. The second-order valence-electron chi connectivity index (χ2n) is 7.87. The van der Waals surface area contributed by atoms with E-state index < -0.39 is 41.8 Å². The van der Waals surface area contributed by atoms with Crippen LogP contribution in [0.3, 0.4) is 0 Å². The number of imidazole rings is 1. The molecule has 3 unspecified atom stereocenters. The van der Waals surface area contributed by atoms with Gasteiger partial charge in [0.15, 0.2) is 0 Å². The van der Waals surface area contributed by atoms with E-state index in [1.54, 1.807) is 6.20 Å². The van der Waals surface area contributed by atoms with Crippen molar-refractivity contribution in [3.63, 3.8) is 0 Å². The number of nitrogens with one attached hydrogen (secondary N) is 5. The van der Waals surface area contributed by atoms with E-state index in [2.05, 4.69) is 30.9 Å². The van der Waals surface area contributed by atoms with E-state index in [0.717, 1.165) is 16.5 Å². The lowest BCUT2D eigenvalue weighted by Gasteiger charge is -2.21. The number of carbonyl (C=O) groups is 4. The molecule has 8 N–H and O–H groups in total. The standard InChI is InChI=1S/C22H27N7O5/c1-12(23)20(31)26-10-19(30)28-17(7-14-9-24-11-27-14)21(32)29-18(22(33)34)6-13-8-25-16-5-3-2-4-15(13)16/h2-5,8-9,11-12,17-18,25H,6-7,10,23H2,1H3,(H,24,27)(H,26,31)(H,28,30)(H,29,32)(H,33,34). The Bertz CT molecular complexity index is 1160. The number of aliphatic carboxylic acids is 1. The van der Waals surface area contributed by atoms with Gasteiger partial charge in [-0.15, -0.1) is 0 Å². The first-order valence-corrected chi connectivity index (χ1v) is 10.6. The number of para-hydroxylation sites is 1. The van der Waals surface area contributed by atoms with Gasteiger partial charge in [-0.25, -0.2) is 9.78 Å². The Kier molecular flexibility index (Phi) is 7.98. The minimum Gasteiger partial charge on any atom is -0.480 e. The molecule has 0 fully saturated rings. The smallest absolute Gasteiger partial charge is 0.326 e. The molecule has 0 saturated carbocycles. The van der Waals surface area contributed by atoms with Gasteiger partial charge in [0.2, 0.25) is 17.7 Å². The van der Waals surface area contributed by atoms with Gasteiger partial charge >= 0.3 is 5.97 Å². The van der Waals surface area contributed by atoms with Crippen molar-refractivity contribution < 1.29 is 24.3 Å². The second kappa shape index (κ2) is 11.1. The molecule has 3 rings (SSSR count). The topological polar surface area (TPSA) is 195 Å². The van der Waals surface area contributed by atoms with E-state index in [9.17, 15) is 24.3 Å². The first-order valence-electron chi connectivity index (χ1n) is 10.6. The van der Waals surface area contributed by atoms with E-state index in [-0.39, 0.29) is 19.4 Å². The maximum atomic E-state index is 13.0. The first-order chi connectivity index (χ1) is 16.2. The van der Waals surface area contributed by atoms with Crippen molar-refractivity contribution in [1.82, 2.24) is 30.9 Å². The molecule has 3 atom stereocenters. The molecule has 180 valence electrons. The summed E-state index contributed by atoms with van der Waals surface area (Å²) in [5.74, 6) is -3.05. The molecule has 3 aromatic rings. The van der Waals surface area contributed by atoms with Crippen molar-refractivity contribution in [1.29, 1.82) is 0 Å². The fourth-order valence-electron chi connectivity index (χ4n) is 3.39. The van der Waals surface area contributed by atoms with Crippen LogP contribution in [0.1, 0.15) is 18.2 Å². The number of carboxylic acids is 1. The predicted molar refractivity (Wildman–Crippen MR) is 122 cm³/mol. The van der Waals surface area contributed by atoms with E-state index in [4.69, 9.17) is 5.73 Å². The number of nitrogens with two attached hydrogens (primary N) is 1. The molecule has 2 heterocycles. The highest BCUT2D eigenvalue weighted by molar-refractivity contribution is 5.93. The molecule has 12 nitrogen and oxygen atoms in total. The van der Waals surface area contributed by atoms with Crippen LogP contribution >= 0.6 is 0 Å². The summed E-state index contributed by atoms with van der Waals surface area (Å²) in [6.45, 7) is 1.09. The molecule has 0 aliphatic heterocycles. The van der Waals surface area contributed by atoms with Crippen LogP contribution in [0.15, 0.2) is 43.0 Å². The fourth-order valence-corrected chi connectivity index (χ4v) is 3.39. The quantitative estimate of drug-likeness (QED) is 0.191. The molecular formula is C22H27N7O5. The fraction of sp³-hybridized carbons (Fsp3) is 0.318. The summed E-state index contributed by atoms with van der Waals surface area (Å²) in [7, 11) is 0. The number of nitrogens with zero attached hydrogens (tertiary/aromatic N) is 1. The normalized spacial score (nSPS) is 13.6. The van der Waals surface area contributed by atoms with Gasteiger partial charge < -0.3 is 36.8 Å². The Labute approximate surface area is 194 Å². The monoisotopic (exact) mass is 469 g/mol. The number of hydrogen-bond acceptors (Lipinski definition) is 6. The maximum absolute atomic E-state index is 13.0. The summed E-state index contributed by atoms with van der Waals surface area (Å²) in [5, 5.41) is 18.0. The molecule has 0 radical (unpaired) electrons. The number of hydrogen-bond donors (Lipinski definition) is 7. The highest BCUT2D eigenvalue weighted by Crippen LogP contribution is 2.19. The number of aromatic nitrogens is 3. The zero-order valence-electron chi connectivity index (χ0n) is 18.5. The molecule has 12 heteroatoms. The molecule has 0 bridgehead atoms. The average Bonchev–Trinajstić information content (AvgIpc) is 3.46. The Morgan fingerprint density at radius 3 is 2.50 bits per heavy atom. The third kappa shape index (κ3) is 6.42. The van der Waals surface area contributed by atoms with Crippen molar-refractivity contribution in [2.75, 3.05) is 6.54 Å². The molecular weight excluding hydrogens is 442 g/mol. The minimum atomic E-state index is -1.23. The van der Waals surface area contributed by atoms with Crippen LogP contribution in [0.25, 0.3) is 10.9 Å². The summed E-state index contributed by atoms with van der Waals surface area (Å²) < 4.78 is 0. The third-order valence-electron chi connectivity index (χ3n) is 5.18. The number of carbonyl (C=O) groups excluding carboxylic acids is 3.